The van der Waals surface area contributed by atoms with Gasteiger partial charge >= 0.3 is 5.97 Å². The quantitative estimate of drug-likeness (QED) is 0.726. The van der Waals surface area contributed by atoms with Crippen molar-refractivity contribution in [3.8, 4) is 11.5 Å². The van der Waals surface area contributed by atoms with Crippen LogP contribution in [-0.2, 0) is 17.8 Å². The van der Waals surface area contributed by atoms with E-state index in [2.05, 4.69) is 13.8 Å². The van der Waals surface area contributed by atoms with Crippen molar-refractivity contribution in [3.05, 3.63) is 58.1 Å². The van der Waals surface area contributed by atoms with Crippen LogP contribution in [0, 0.1) is 12.8 Å². The summed E-state index contributed by atoms with van der Waals surface area (Å²) >= 11 is 6.26. The zero-order valence-electron chi connectivity index (χ0n) is 14.7. The summed E-state index contributed by atoms with van der Waals surface area (Å²) in [6.07, 6.45) is 0.00850. The first kappa shape index (κ1) is 19.1. The Hall–Kier alpha value is -2.20. The van der Waals surface area contributed by atoms with E-state index in [4.69, 9.17) is 26.2 Å². The lowest BCUT2D eigenvalue weighted by atomic mass is 10.1. The largest absolute Gasteiger partial charge is 0.492 e. The maximum absolute atomic E-state index is 10.8. The van der Waals surface area contributed by atoms with Crippen molar-refractivity contribution < 1.29 is 19.4 Å². The third-order valence-electron chi connectivity index (χ3n) is 3.56. The summed E-state index contributed by atoms with van der Waals surface area (Å²) in [5.74, 6) is 0.993. The third-order valence-corrected chi connectivity index (χ3v) is 3.85. The van der Waals surface area contributed by atoms with Crippen LogP contribution in [0.2, 0.25) is 5.02 Å². The normalized spacial score (nSPS) is 10.8. The van der Waals surface area contributed by atoms with Crippen LogP contribution in [0.4, 0.5) is 0 Å². The Morgan fingerprint density at radius 3 is 2.36 bits per heavy atom. The summed E-state index contributed by atoms with van der Waals surface area (Å²) in [6, 6.07) is 11.0. The number of hydrogen-bond donors (Lipinski definition) is 1. The highest BCUT2D eigenvalue weighted by Gasteiger charge is 2.07. The highest BCUT2D eigenvalue weighted by atomic mass is 35.5. The Bertz CT molecular complexity index is 740. The van der Waals surface area contributed by atoms with Gasteiger partial charge < -0.3 is 14.6 Å². The number of halogens is 1. The van der Waals surface area contributed by atoms with Crippen molar-refractivity contribution in [2.24, 2.45) is 5.92 Å². The monoisotopic (exact) mass is 362 g/mol. The van der Waals surface area contributed by atoms with Crippen LogP contribution in [-0.4, -0.2) is 17.7 Å². The Labute approximate surface area is 153 Å². The standard InChI is InChI=1S/C20H23ClO4/c1-13(2)11-24-19-7-5-16(9-17(19)21)12-25-18-6-4-15(8-14(18)3)10-20(22)23/h4-9,13H,10-12H2,1-3H3,(H,22,23). The third kappa shape index (κ3) is 5.98. The van der Waals surface area contributed by atoms with Gasteiger partial charge in [0.15, 0.2) is 0 Å². The van der Waals surface area contributed by atoms with Crippen LogP contribution < -0.4 is 9.47 Å². The van der Waals surface area contributed by atoms with E-state index in [1.165, 1.54) is 0 Å². The molecule has 134 valence electrons. The fourth-order valence-electron chi connectivity index (χ4n) is 2.33. The van der Waals surface area contributed by atoms with Gasteiger partial charge in [-0.3, -0.25) is 4.79 Å². The Morgan fingerprint density at radius 1 is 1.08 bits per heavy atom. The Balaban J connectivity index is 1.99. The number of carbonyl (C=O) groups is 1. The molecular weight excluding hydrogens is 340 g/mol. The molecule has 0 spiro atoms. The number of hydrogen-bond acceptors (Lipinski definition) is 3. The molecule has 0 unspecified atom stereocenters. The average Bonchev–Trinajstić information content (AvgIpc) is 2.52. The van der Waals surface area contributed by atoms with Crippen molar-refractivity contribution in [2.75, 3.05) is 6.61 Å². The molecule has 5 heteroatoms. The second-order valence-corrected chi connectivity index (χ2v) is 6.84. The maximum Gasteiger partial charge on any atom is 0.307 e. The van der Waals surface area contributed by atoms with Gasteiger partial charge in [-0.2, -0.15) is 0 Å². The number of aryl methyl sites for hydroxylation is 1. The fourth-order valence-corrected chi connectivity index (χ4v) is 2.58. The predicted octanol–water partition coefficient (Wildman–Crippen LogP) is 4.89. The molecule has 0 saturated carbocycles. The van der Waals surface area contributed by atoms with Gasteiger partial charge in [-0.25, -0.2) is 0 Å². The first-order valence-electron chi connectivity index (χ1n) is 8.20. The fraction of sp³-hybridized carbons (Fsp3) is 0.350. The average molecular weight is 363 g/mol. The van der Waals surface area contributed by atoms with E-state index in [-0.39, 0.29) is 6.42 Å². The zero-order valence-corrected chi connectivity index (χ0v) is 15.5. The van der Waals surface area contributed by atoms with Gasteiger partial charge in [0, 0.05) is 0 Å². The number of aliphatic carboxylic acids is 1. The molecule has 2 rings (SSSR count). The Kier molecular flexibility index (Phi) is 6.71. The van der Waals surface area contributed by atoms with Crippen LogP contribution >= 0.6 is 11.6 Å². The van der Waals surface area contributed by atoms with Gasteiger partial charge in [-0.15, -0.1) is 0 Å². The van der Waals surface area contributed by atoms with Crippen LogP contribution in [0.15, 0.2) is 36.4 Å². The molecule has 0 atom stereocenters. The molecule has 0 aromatic heterocycles. The number of benzene rings is 2. The molecule has 0 aliphatic rings. The molecule has 0 heterocycles. The van der Waals surface area contributed by atoms with E-state index in [9.17, 15) is 4.79 Å². The van der Waals surface area contributed by atoms with Crippen molar-refractivity contribution >= 4 is 17.6 Å². The van der Waals surface area contributed by atoms with Gasteiger partial charge in [0.2, 0.25) is 0 Å². The predicted molar refractivity (Wildman–Crippen MR) is 98.6 cm³/mol. The van der Waals surface area contributed by atoms with Crippen molar-refractivity contribution in [1.29, 1.82) is 0 Å². The number of carboxylic acid groups (broad SMARTS) is 1. The molecule has 0 bridgehead atoms. The highest BCUT2D eigenvalue weighted by molar-refractivity contribution is 6.32. The molecule has 0 amide bonds. The SMILES string of the molecule is Cc1cc(CC(=O)O)ccc1OCc1ccc(OCC(C)C)c(Cl)c1. The van der Waals surface area contributed by atoms with Gasteiger partial charge in [-0.1, -0.05) is 43.6 Å². The van der Waals surface area contributed by atoms with E-state index in [0.29, 0.717) is 29.9 Å². The molecule has 1 N–H and O–H groups in total. The topological polar surface area (TPSA) is 55.8 Å². The zero-order chi connectivity index (χ0) is 18.4. The lowest BCUT2D eigenvalue weighted by Gasteiger charge is -2.13. The van der Waals surface area contributed by atoms with E-state index in [0.717, 1.165) is 22.4 Å². The van der Waals surface area contributed by atoms with E-state index in [1.54, 1.807) is 12.1 Å². The molecule has 0 aliphatic heterocycles. The molecule has 2 aromatic carbocycles. The molecule has 4 nitrogen and oxygen atoms in total. The molecule has 25 heavy (non-hydrogen) atoms. The minimum Gasteiger partial charge on any atom is -0.492 e. The van der Waals surface area contributed by atoms with Crippen LogP contribution in [0.3, 0.4) is 0 Å². The first-order valence-corrected chi connectivity index (χ1v) is 8.58. The van der Waals surface area contributed by atoms with Crippen molar-refractivity contribution in [1.82, 2.24) is 0 Å². The first-order chi connectivity index (χ1) is 11.8. The molecule has 2 aromatic rings. The smallest absolute Gasteiger partial charge is 0.307 e. The molecule has 0 saturated heterocycles. The summed E-state index contributed by atoms with van der Waals surface area (Å²) in [4.78, 5) is 10.8. The van der Waals surface area contributed by atoms with Gasteiger partial charge in [0.05, 0.1) is 18.1 Å². The molecule has 0 radical (unpaired) electrons. The van der Waals surface area contributed by atoms with E-state index in [1.807, 2.05) is 31.2 Å². The Morgan fingerprint density at radius 2 is 1.76 bits per heavy atom. The second kappa shape index (κ2) is 8.77. The molecule has 0 aliphatic carbocycles. The minimum atomic E-state index is -0.845. The number of rotatable bonds is 8. The number of ether oxygens (including phenoxy) is 2. The van der Waals surface area contributed by atoms with Crippen molar-refractivity contribution in [2.45, 2.75) is 33.8 Å². The lowest BCUT2D eigenvalue weighted by molar-refractivity contribution is -0.136. The summed E-state index contributed by atoms with van der Waals surface area (Å²) in [6.45, 7) is 7.07. The maximum atomic E-state index is 10.8. The van der Waals surface area contributed by atoms with Gasteiger partial charge in [-0.05, 0) is 47.7 Å². The van der Waals surface area contributed by atoms with Crippen LogP contribution in [0.25, 0.3) is 0 Å². The lowest BCUT2D eigenvalue weighted by Crippen LogP contribution is -2.05. The van der Waals surface area contributed by atoms with Gasteiger partial charge in [0.1, 0.15) is 18.1 Å². The molecular formula is C20H23ClO4. The van der Waals surface area contributed by atoms with Gasteiger partial charge in [0.25, 0.3) is 0 Å². The van der Waals surface area contributed by atoms with Crippen LogP contribution in [0.1, 0.15) is 30.5 Å². The summed E-state index contributed by atoms with van der Waals surface area (Å²) in [7, 11) is 0. The van der Waals surface area contributed by atoms with Crippen LogP contribution in [0.5, 0.6) is 11.5 Å². The summed E-state index contributed by atoms with van der Waals surface area (Å²) in [5.41, 5.74) is 2.60. The van der Waals surface area contributed by atoms with E-state index >= 15 is 0 Å². The number of carboxylic acids is 1. The summed E-state index contributed by atoms with van der Waals surface area (Å²) < 4.78 is 11.5. The summed E-state index contributed by atoms with van der Waals surface area (Å²) in [5, 5.41) is 9.41. The highest BCUT2D eigenvalue weighted by Crippen LogP contribution is 2.27. The molecule has 0 fully saturated rings. The van der Waals surface area contributed by atoms with E-state index < -0.39 is 5.97 Å². The minimum absolute atomic E-state index is 0.00850. The second-order valence-electron chi connectivity index (χ2n) is 6.43. The van der Waals surface area contributed by atoms with Crippen molar-refractivity contribution in [3.63, 3.8) is 0 Å².